The standard InChI is InChI=1S/C14H21NO2/c1-9-10-6-12(16-4)13(17-5)7-11(10)14(2,3)8-15-9/h6-7,9,15H,8H2,1-5H3. The summed E-state index contributed by atoms with van der Waals surface area (Å²) in [7, 11) is 3.36. The molecule has 0 spiro atoms. The molecule has 0 saturated heterocycles. The van der Waals surface area contributed by atoms with Crippen molar-refractivity contribution in [2.45, 2.75) is 32.2 Å². The number of nitrogens with one attached hydrogen (secondary N) is 1. The van der Waals surface area contributed by atoms with Gasteiger partial charge in [-0.2, -0.15) is 0 Å². The molecule has 1 unspecified atom stereocenters. The van der Waals surface area contributed by atoms with Crippen molar-refractivity contribution < 1.29 is 9.47 Å². The Morgan fingerprint density at radius 2 is 1.76 bits per heavy atom. The summed E-state index contributed by atoms with van der Waals surface area (Å²) in [5, 5.41) is 3.52. The number of benzene rings is 1. The van der Waals surface area contributed by atoms with Gasteiger partial charge in [-0.25, -0.2) is 0 Å². The minimum atomic E-state index is 0.126. The average Bonchev–Trinajstić information content (AvgIpc) is 2.33. The number of rotatable bonds is 2. The van der Waals surface area contributed by atoms with Crippen LogP contribution in [-0.2, 0) is 5.41 Å². The molecule has 0 amide bonds. The van der Waals surface area contributed by atoms with Crippen LogP contribution in [0, 0.1) is 0 Å². The topological polar surface area (TPSA) is 30.5 Å². The van der Waals surface area contributed by atoms with Gasteiger partial charge >= 0.3 is 0 Å². The zero-order chi connectivity index (χ0) is 12.6. The molecule has 0 fully saturated rings. The molecule has 1 atom stereocenters. The van der Waals surface area contributed by atoms with Crippen LogP contribution in [0.1, 0.15) is 37.9 Å². The van der Waals surface area contributed by atoms with Crippen LogP contribution in [0.15, 0.2) is 12.1 Å². The SMILES string of the molecule is COc1cc2c(cc1OC)C(C)(C)CNC2C. The highest BCUT2D eigenvalue weighted by Gasteiger charge is 2.32. The molecule has 17 heavy (non-hydrogen) atoms. The van der Waals surface area contributed by atoms with Crippen molar-refractivity contribution in [2.75, 3.05) is 20.8 Å². The van der Waals surface area contributed by atoms with E-state index in [1.54, 1.807) is 14.2 Å². The maximum absolute atomic E-state index is 5.39. The van der Waals surface area contributed by atoms with Crippen LogP contribution in [0.2, 0.25) is 0 Å². The van der Waals surface area contributed by atoms with Gasteiger partial charge in [0.25, 0.3) is 0 Å². The molecular weight excluding hydrogens is 214 g/mol. The molecule has 94 valence electrons. The predicted molar refractivity (Wildman–Crippen MR) is 69.0 cm³/mol. The van der Waals surface area contributed by atoms with Crippen molar-refractivity contribution in [1.29, 1.82) is 0 Å². The van der Waals surface area contributed by atoms with Crippen LogP contribution in [0.25, 0.3) is 0 Å². The van der Waals surface area contributed by atoms with Gasteiger partial charge in [0.1, 0.15) is 0 Å². The zero-order valence-electron chi connectivity index (χ0n) is 11.3. The molecule has 1 aromatic rings. The molecule has 2 rings (SSSR count). The van der Waals surface area contributed by atoms with Gasteiger partial charge in [0.2, 0.25) is 0 Å². The summed E-state index contributed by atoms with van der Waals surface area (Å²) in [5.41, 5.74) is 2.78. The Balaban J connectivity index is 2.61. The van der Waals surface area contributed by atoms with Gasteiger partial charge in [-0.15, -0.1) is 0 Å². The first-order valence-corrected chi connectivity index (χ1v) is 5.99. The first-order chi connectivity index (χ1) is 7.99. The Hall–Kier alpha value is -1.22. The lowest BCUT2D eigenvalue weighted by molar-refractivity contribution is 0.345. The molecule has 3 nitrogen and oxygen atoms in total. The van der Waals surface area contributed by atoms with Crippen LogP contribution >= 0.6 is 0 Å². The highest BCUT2D eigenvalue weighted by molar-refractivity contribution is 5.51. The maximum atomic E-state index is 5.39. The van der Waals surface area contributed by atoms with E-state index in [0.717, 1.165) is 18.0 Å². The zero-order valence-corrected chi connectivity index (χ0v) is 11.3. The average molecular weight is 235 g/mol. The number of ether oxygens (including phenoxy) is 2. The molecule has 1 aliphatic rings. The van der Waals surface area contributed by atoms with Gasteiger partial charge in [-0.3, -0.25) is 0 Å². The van der Waals surface area contributed by atoms with E-state index in [1.165, 1.54) is 11.1 Å². The Kier molecular flexibility index (Phi) is 3.04. The fourth-order valence-electron chi connectivity index (χ4n) is 2.45. The molecule has 1 N–H and O–H groups in total. The molecule has 1 aliphatic heterocycles. The Bertz CT molecular complexity index is 426. The van der Waals surface area contributed by atoms with E-state index in [-0.39, 0.29) is 5.41 Å². The molecular formula is C14H21NO2. The monoisotopic (exact) mass is 235 g/mol. The van der Waals surface area contributed by atoms with Crippen LogP contribution in [0.4, 0.5) is 0 Å². The summed E-state index contributed by atoms with van der Waals surface area (Å²) in [6.07, 6.45) is 0. The summed E-state index contributed by atoms with van der Waals surface area (Å²) < 4.78 is 10.8. The largest absolute Gasteiger partial charge is 0.493 e. The number of hydrogen-bond donors (Lipinski definition) is 1. The lowest BCUT2D eigenvalue weighted by Gasteiger charge is -2.37. The van der Waals surface area contributed by atoms with E-state index < -0.39 is 0 Å². The minimum Gasteiger partial charge on any atom is -0.493 e. The van der Waals surface area contributed by atoms with Crippen molar-refractivity contribution in [3.05, 3.63) is 23.3 Å². The normalized spacial score (nSPS) is 21.8. The van der Waals surface area contributed by atoms with E-state index in [0.29, 0.717) is 6.04 Å². The maximum Gasteiger partial charge on any atom is 0.161 e. The highest BCUT2D eigenvalue weighted by atomic mass is 16.5. The lowest BCUT2D eigenvalue weighted by Crippen LogP contribution is -2.40. The van der Waals surface area contributed by atoms with Crippen LogP contribution < -0.4 is 14.8 Å². The van der Waals surface area contributed by atoms with Gasteiger partial charge < -0.3 is 14.8 Å². The van der Waals surface area contributed by atoms with E-state index in [2.05, 4.69) is 38.2 Å². The smallest absolute Gasteiger partial charge is 0.161 e. The summed E-state index contributed by atoms with van der Waals surface area (Å²) >= 11 is 0. The summed E-state index contributed by atoms with van der Waals surface area (Å²) in [5.74, 6) is 1.62. The van der Waals surface area contributed by atoms with Crippen molar-refractivity contribution in [2.24, 2.45) is 0 Å². The molecule has 1 aromatic carbocycles. The lowest BCUT2D eigenvalue weighted by atomic mass is 9.77. The molecule has 1 heterocycles. The molecule has 0 bridgehead atoms. The van der Waals surface area contributed by atoms with Crippen molar-refractivity contribution >= 4 is 0 Å². The molecule has 0 saturated carbocycles. The van der Waals surface area contributed by atoms with Crippen LogP contribution in [0.5, 0.6) is 11.5 Å². The molecule has 3 heteroatoms. The third kappa shape index (κ3) is 2.00. The number of methoxy groups -OCH3 is 2. The Morgan fingerprint density at radius 3 is 2.35 bits per heavy atom. The second-order valence-electron chi connectivity index (χ2n) is 5.28. The van der Waals surface area contributed by atoms with Gasteiger partial charge in [0, 0.05) is 18.0 Å². The summed E-state index contributed by atoms with van der Waals surface area (Å²) in [4.78, 5) is 0. The quantitative estimate of drug-likeness (QED) is 0.855. The Morgan fingerprint density at radius 1 is 1.18 bits per heavy atom. The van der Waals surface area contributed by atoms with Gasteiger partial charge in [0.05, 0.1) is 14.2 Å². The second-order valence-corrected chi connectivity index (χ2v) is 5.28. The predicted octanol–water partition coefficient (Wildman–Crippen LogP) is 2.65. The molecule has 0 aliphatic carbocycles. The molecule has 0 radical (unpaired) electrons. The minimum absolute atomic E-state index is 0.126. The third-order valence-electron chi connectivity index (χ3n) is 3.60. The van der Waals surface area contributed by atoms with Crippen LogP contribution in [0.3, 0.4) is 0 Å². The van der Waals surface area contributed by atoms with Crippen molar-refractivity contribution in [3.63, 3.8) is 0 Å². The van der Waals surface area contributed by atoms with E-state index in [4.69, 9.17) is 9.47 Å². The first-order valence-electron chi connectivity index (χ1n) is 5.99. The fourth-order valence-corrected chi connectivity index (χ4v) is 2.45. The number of fused-ring (bicyclic) bond motifs is 1. The van der Waals surface area contributed by atoms with Gasteiger partial charge in [-0.1, -0.05) is 13.8 Å². The van der Waals surface area contributed by atoms with E-state index in [1.807, 2.05) is 0 Å². The van der Waals surface area contributed by atoms with E-state index >= 15 is 0 Å². The Labute approximate surface area is 103 Å². The second kappa shape index (κ2) is 4.22. The molecule has 0 aromatic heterocycles. The summed E-state index contributed by atoms with van der Waals surface area (Å²) in [6, 6.07) is 4.57. The van der Waals surface area contributed by atoms with Crippen LogP contribution in [-0.4, -0.2) is 20.8 Å². The van der Waals surface area contributed by atoms with Crippen molar-refractivity contribution in [1.82, 2.24) is 5.32 Å². The van der Waals surface area contributed by atoms with Crippen molar-refractivity contribution in [3.8, 4) is 11.5 Å². The third-order valence-corrected chi connectivity index (χ3v) is 3.60. The van der Waals surface area contributed by atoms with E-state index in [9.17, 15) is 0 Å². The summed E-state index contributed by atoms with van der Waals surface area (Å²) in [6.45, 7) is 7.66. The first kappa shape index (κ1) is 12.2. The number of hydrogen-bond acceptors (Lipinski definition) is 3. The van der Waals surface area contributed by atoms with Gasteiger partial charge in [0.15, 0.2) is 11.5 Å². The highest BCUT2D eigenvalue weighted by Crippen LogP contribution is 2.40. The fraction of sp³-hybridized carbons (Fsp3) is 0.571. The van der Waals surface area contributed by atoms with Gasteiger partial charge in [-0.05, 0) is 30.2 Å².